The van der Waals surface area contributed by atoms with Crippen molar-refractivity contribution >= 4 is 0 Å². The Balaban J connectivity index is 2.48. The van der Waals surface area contributed by atoms with Crippen LogP contribution in [0, 0.1) is 0 Å². The third-order valence-corrected chi connectivity index (χ3v) is 3.67. The smallest absolute Gasteiger partial charge is 0.430 e. The van der Waals surface area contributed by atoms with Crippen molar-refractivity contribution < 1.29 is 40.9 Å². The second-order valence-electron chi connectivity index (χ2n) is 5.36. The standard InChI is InChI=1S/C17H14F6O3/c1-25-14-7-5-11(6-8-14)10-26-15(16(18,19)20,17(21,22)23)12-3-2-4-13(24)9-12/h2-9,24H,10H2,1H3. The lowest BCUT2D eigenvalue weighted by Gasteiger charge is -2.37. The van der Waals surface area contributed by atoms with Crippen molar-refractivity contribution in [2.24, 2.45) is 0 Å². The van der Waals surface area contributed by atoms with Crippen LogP contribution in [-0.4, -0.2) is 24.6 Å². The summed E-state index contributed by atoms with van der Waals surface area (Å²) in [4.78, 5) is 0. The molecule has 9 heteroatoms. The molecule has 0 unspecified atom stereocenters. The Hall–Kier alpha value is -2.42. The molecule has 0 bridgehead atoms. The number of phenolic OH excluding ortho intramolecular Hbond substituents is 1. The van der Waals surface area contributed by atoms with E-state index in [0.29, 0.717) is 17.9 Å². The maximum absolute atomic E-state index is 13.6. The first-order valence-corrected chi connectivity index (χ1v) is 7.21. The van der Waals surface area contributed by atoms with Gasteiger partial charge < -0.3 is 14.6 Å². The second kappa shape index (κ2) is 7.06. The molecule has 2 rings (SSSR count). The van der Waals surface area contributed by atoms with E-state index in [9.17, 15) is 31.4 Å². The van der Waals surface area contributed by atoms with E-state index >= 15 is 0 Å². The number of aromatic hydroxyl groups is 1. The van der Waals surface area contributed by atoms with Crippen LogP contribution < -0.4 is 4.74 Å². The lowest BCUT2D eigenvalue weighted by atomic mass is 9.91. The summed E-state index contributed by atoms with van der Waals surface area (Å²) in [5, 5.41) is 9.35. The second-order valence-corrected chi connectivity index (χ2v) is 5.36. The molecule has 0 radical (unpaired) electrons. The van der Waals surface area contributed by atoms with E-state index in [1.54, 1.807) is 0 Å². The van der Waals surface area contributed by atoms with Crippen LogP contribution in [0.1, 0.15) is 11.1 Å². The van der Waals surface area contributed by atoms with Crippen molar-refractivity contribution in [3.8, 4) is 11.5 Å². The molecule has 0 amide bonds. The largest absolute Gasteiger partial charge is 0.508 e. The van der Waals surface area contributed by atoms with Crippen molar-refractivity contribution in [1.82, 2.24) is 0 Å². The molecule has 0 spiro atoms. The Bertz CT molecular complexity index is 723. The lowest BCUT2D eigenvalue weighted by Crippen LogP contribution is -2.55. The van der Waals surface area contributed by atoms with Crippen molar-refractivity contribution in [3.05, 3.63) is 59.7 Å². The van der Waals surface area contributed by atoms with E-state index in [1.807, 2.05) is 0 Å². The molecule has 2 aromatic carbocycles. The zero-order chi connectivity index (χ0) is 19.6. The Morgan fingerprint density at radius 3 is 1.92 bits per heavy atom. The molecule has 0 heterocycles. The molecule has 26 heavy (non-hydrogen) atoms. The summed E-state index contributed by atoms with van der Waals surface area (Å²) >= 11 is 0. The third-order valence-electron chi connectivity index (χ3n) is 3.67. The predicted octanol–water partition coefficient (Wildman–Crippen LogP) is 4.94. The van der Waals surface area contributed by atoms with Gasteiger partial charge in [-0.05, 0) is 29.8 Å². The van der Waals surface area contributed by atoms with Gasteiger partial charge in [-0.1, -0.05) is 24.3 Å². The predicted molar refractivity (Wildman–Crippen MR) is 79.7 cm³/mol. The van der Waals surface area contributed by atoms with Gasteiger partial charge in [0.15, 0.2) is 0 Å². The van der Waals surface area contributed by atoms with Crippen molar-refractivity contribution in [2.45, 2.75) is 24.6 Å². The first-order chi connectivity index (χ1) is 12.0. The van der Waals surface area contributed by atoms with E-state index in [4.69, 9.17) is 4.74 Å². The van der Waals surface area contributed by atoms with Gasteiger partial charge in [-0.25, -0.2) is 0 Å². The minimum atomic E-state index is -5.81. The number of phenols is 1. The first-order valence-electron chi connectivity index (χ1n) is 7.21. The molecule has 0 aromatic heterocycles. The molecule has 142 valence electrons. The van der Waals surface area contributed by atoms with Gasteiger partial charge in [0, 0.05) is 5.56 Å². The average molecular weight is 380 g/mol. The lowest BCUT2D eigenvalue weighted by molar-refractivity contribution is -0.392. The van der Waals surface area contributed by atoms with Crippen LogP contribution in [0.4, 0.5) is 26.3 Å². The summed E-state index contributed by atoms with van der Waals surface area (Å²) in [6.45, 7) is -0.960. The van der Waals surface area contributed by atoms with Crippen LogP contribution in [0.5, 0.6) is 11.5 Å². The molecule has 0 atom stereocenters. The molecule has 0 aliphatic carbocycles. The molecular weight excluding hydrogens is 366 g/mol. The van der Waals surface area contributed by atoms with Crippen LogP contribution in [0.2, 0.25) is 0 Å². The Kier molecular flexibility index (Phi) is 5.41. The van der Waals surface area contributed by atoms with Crippen molar-refractivity contribution in [2.75, 3.05) is 7.11 Å². The van der Waals surface area contributed by atoms with E-state index in [2.05, 4.69) is 4.74 Å². The number of halogens is 6. The summed E-state index contributed by atoms with van der Waals surface area (Å²) in [7, 11) is 1.37. The normalized spacial score (nSPS) is 12.9. The van der Waals surface area contributed by atoms with Crippen LogP contribution >= 0.6 is 0 Å². The van der Waals surface area contributed by atoms with E-state index in [0.717, 1.165) is 12.1 Å². The molecule has 2 aromatic rings. The molecule has 1 N–H and O–H groups in total. The minimum Gasteiger partial charge on any atom is -0.508 e. The molecule has 0 saturated heterocycles. The Morgan fingerprint density at radius 1 is 0.885 bits per heavy atom. The molecule has 3 nitrogen and oxygen atoms in total. The monoisotopic (exact) mass is 380 g/mol. The minimum absolute atomic E-state index is 0.0869. The maximum Gasteiger partial charge on any atom is 0.430 e. The highest BCUT2D eigenvalue weighted by molar-refractivity contribution is 5.34. The van der Waals surface area contributed by atoms with Crippen molar-refractivity contribution in [3.63, 3.8) is 0 Å². The molecule has 0 aliphatic rings. The quantitative estimate of drug-likeness (QED) is 0.747. The number of ether oxygens (including phenoxy) is 2. The number of hydrogen-bond donors (Lipinski definition) is 1. The van der Waals surface area contributed by atoms with Gasteiger partial charge in [0.05, 0.1) is 13.7 Å². The van der Waals surface area contributed by atoms with Gasteiger partial charge in [0.1, 0.15) is 11.5 Å². The van der Waals surface area contributed by atoms with Crippen LogP contribution in [0.25, 0.3) is 0 Å². The average Bonchev–Trinajstić information content (AvgIpc) is 2.53. The number of hydrogen-bond acceptors (Lipinski definition) is 3. The highest BCUT2D eigenvalue weighted by Crippen LogP contribution is 2.53. The van der Waals surface area contributed by atoms with Crippen molar-refractivity contribution in [1.29, 1.82) is 0 Å². The van der Waals surface area contributed by atoms with Gasteiger partial charge in [-0.2, -0.15) is 26.3 Å². The van der Waals surface area contributed by atoms with Gasteiger partial charge in [-0.15, -0.1) is 0 Å². The van der Waals surface area contributed by atoms with E-state index in [1.165, 1.54) is 31.4 Å². The first kappa shape index (κ1) is 19.9. The summed E-state index contributed by atoms with van der Waals surface area (Å²) < 4.78 is 90.7. The van der Waals surface area contributed by atoms with Gasteiger partial charge in [0.2, 0.25) is 0 Å². The van der Waals surface area contributed by atoms with Gasteiger partial charge >= 0.3 is 12.4 Å². The summed E-state index contributed by atoms with van der Waals surface area (Å²) in [6.07, 6.45) is -11.6. The fraction of sp³-hybridized carbons (Fsp3) is 0.294. The molecule has 0 aliphatic heterocycles. The molecule has 0 fully saturated rings. The zero-order valence-electron chi connectivity index (χ0n) is 13.4. The number of alkyl halides is 6. The third kappa shape index (κ3) is 3.72. The number of methoxy groups -OCH3 is 1. The topological polar surface area (TPSA) is 38.7 Å². The van der Waals surface area contributed by atoms with Crippen LogP contribution in [0.3, 0.4) is 0 Å². The molecular formula is C17H14F6O3. The maximum atomic E-state index is 13.6. The van der Waals surface area contributed by atoms with Crippen LogP contribution in [0.15, 0.2) is 48.5 Å². The summed E-state index contributed by atoms with van der Waals surface area (Å²) in [6, 6.07) is 8.19. The summed E-state index contributed by atoms with van der Waals surface area (Å²) in [5.74, 6) is -0.354. The SMILES string of the molecule is COc1ccc(COC(c2cccc(O)c2)(C(F)(F)F)C(F)(F)F)cc1. The zero-order valence-corrected chi connectivity index (χ0v) is 13.4. The van der Waals surface area contributed by atoms with Crippen LogP contribution in [-0.2, 0) is 16.9 Å². The van der Waals surface area contributed by atoms with Gasteiger partial charge in [0.25, 0.3) is 5.60 Å². The Morgan fingerprint density at radius 2 is 1.46 bits per heavy atom. The Labute approximate surface area is 144 Å². The highest BCUT2D eigenvalue weighted by atomic mass is 19.4. The fourth-order valence-corrected chi connectivity index (χ4v) is 2.37. The number of rotatable bonds is 5. The van der Waals surface area contributed by atoms with E-state index in [-0.39, 0.29) is 5.56 Å². The van der Waals surface area contributed by atoms with Gasteiger partial charge in [-0.3, -0.25) is 0 Å². The van der Waals surface area contributed by atoms with E-state index < -0.39 is 35.9 Å². The fourth-order valence-electron chi connectivity index (χ4n) is 2.37. The summed E-state index contributed by atoms with van der Waals surface area (Å²) in [5.41, 5.74) is -5.76. The number of benzene rings is 2. The molecule has 0 saturated carbocycles. The highest BCUT2D eigenvalue weighted by Gasteiger charge is 2.73.